The second kappa shape index (κ2) is 9.20. The van der Waals surface area contributed by atoms with Crippen molar-refractivity contribution in [2.75, 3.05) is 31.1 Å². The third kappa shape index (κ3) is 4.02. The van der Waals surface area contributed by atoms with E-state index in [1.807, 2.05) is 24.3 Å². The van der Waals surface area contributed by atoms with Crippen molar-refractivity contribution < 1.29 is 19.2 Å². The Bertz CT molecular complexity index is 1570. The minimum absolute atomic E-state index is 0.107. The zero-order chi connectivity index (χ0) is 26.8. The Morgan fingerprint density at radius 1 is 0.974 bits per heavy atom. The number of rotatable bonds is 4. The number of nitrogens with one attached hydrogen (secondary N) is 1. The molecule has 0 bridgehead atoms. The van der Waals surface area contributed by atoms with Crippen LogP contribution in [0, 0.1) is 6.92 Å². The van der Waals surface area contributed by atoms with E-state index in [9.17, 15) is 19.2 Å². The molecule has 39 heavy (non-hydrogen) atoms. The number of carbonyl (C=O) groups excluding carboxylic acids is 4. The highest BCUT2D eigenvalue weighted by Crippen LogP contribution is 2.40. The SMILES string of the molecule is Cc1nc(N2CCN(Cc3ccc4c(c3)C(=O)N(C3CCC(=O)NC3=O)C4=O)CC2)c2c3c(sc2n1)CCC3. The molecule has 2 saturated heterocycles. The van der Waals surface area contributed by atoms with Gasteiger partial charge in [0.2, 0.25) is 11.8 Å². The van der Waals surface area contributed by atoms with Crippen LogP contribution in [0.3, 0.4) is 0 Å². The summed E-state index contributed by atoms with van der Waals surface area (Å²) in [5, 5.41) is 3.48. The van der Waals surface area contributed by atoms with Gasteiger partial charge in [-0.1, -0.05) is 6.07 Å². The summed E-state index contributed by atoms with van der Waals surface area (Å²) in [4.78, 5) is 67.9. The number of carbonyl (C=O) groups is 4. The fraction of sp³-hybridized carbons (Fsp3) is 0.429. The standard InChI is InChI=1S/C28H28N6O4S/c1-15-29-24(23-18-3-2-4-21(18)39-26(23)30-15)33-11-9-32(10-12-33)14-16-5-6-17-19(13-16)28(38)34(27(17)37)20-7-8-22(35)31-25(20)36/h5-6,13,20H,2-4,7-12,14H2,1H3,(H,31,35,36). The highest BCUT2D eigenvalue weighted by Gasteiger charge is 2.44. The lowest BCUT2D eigenvalue weighted by Gasteiger charge is -2.36. The molecule has 3 aromatic rings. The minimum atomic E-state index is -0.951. The molecule has 1 unspecified atom stereocenters. The zero-order valence-electron chi connectivity index (χ0n) is 21.7. The first-order chi connectivity index (χ1) is 18.9. The third-order valence-corrected chi connectivity index (χ3v) is 9.43. The van der Waals surface area contributed by atoms with Crippen LogP contribution >= 0.6 is 11.3 Å². The van der Waals surface area contributed by atoms with Gasteiger partial charge in [-0.3, -0.25) is 34.3 Å². The van der Waals surface area contributed by atoms with Gasteiger partial charge in [-0.05, 0) is 55.9 Å². The quantitative estimate of drug-likeness (QED) is 0.497. The van der Waals surface area contributed by atoms with Crippen molar-refractivity contribution in [3.8, 4) is 0 Å². The molecule has 0 saturated carbocycles. The number of aryl methyl sites for hydroxylation is 3. The molecule has 4 aliphatic rings. The maximum Gasteiger partial charge on any atom is 0.262 e. The smallest absolute Gasteiger partial charge is 0.262 e. The number of hydrogen-bond donors (Lipinski definition) is 1. The largest absolute Gasteiger partial charge is 0.353 e. The number of amides is 4. The van der Waals surface area contributed by atoms with Crippen LogP contribution in [0.4, 0.5) is 5.82 Å². The lowest BCUT2D eigenvalue weighted by Crippen LogP contribution is -2.54. The Kier molecular flexibility index (Phi) is 5.74. The van der Waals surface area contributed by atoms with E-state index < -0.39 is 23.8 Å². The molecule has 4 amide bonds. The number of hydrogen-bond acceptors (Lipinski definition) is 9. The van der Waals surface area contributed by atoms with E-state index in [2.05, 4.69) is 15.1 Å². The molecule has 11 heteroatoms. The molecule has 7 rings (SSSR count). The van der Waals surface area contributed by atoms with E-state index in [4.69, 9.17) is 9.97 Å². The maximum absolute atomic E-state index is 13.2. The number of thiophene rings is 1. The number of benzene rings is 1. The molecule has 3 aliphatic heterocycles. The Labute approximate surface area is 229 Å². The van der Waals surface area contributed by atoms with Crippen LogP contribution in [-0.4, -0.2) is 75.6 Å². The second-order valence-corrected chi connectivity index (χ2v) is 11.8. The van der Waals surface area contributed by atoms with Crippen molar-refractivity contribution in [2.24, 2.45) is 0 Å². The summed E-state index contributed by atoms with van der Waals surface area (Å²) >= 11 is 1.82. The minimum Gasteiger partial charge on any atom is -0.353 e. The molecule has 1 atom stereocenters. The van der Waals surface area contributed by atoms with Crippen LogP contribution in [0.15, 0.2) is 18.2 Å². The van der Waals surface area contributed by atoms with Crippen molar-refractivity contribution in [1.82, 2.24) is 25.1 Å². The van der Waals surface area contributed by atoms with Crippen molar-refractivity contribution in [1.29, 1.82) is 0 Å². The number of piperidine rings is 1. The van der Waals surface area contributed by atoms with Crippen LogP contribution < -0.4 is 10.2 Å². The fourth-order valence-electron chi connectivity index (χ4n) is 6.30. The van der Waals surface area contributed by atoms with Crippen molar-refractivity contribution in [3.05, 3.63) is 51.2 Å². The summed E-state index contributed by atoms with van der Waals surface area (Å²) < 4.78 is 0. The van der Waals surface area contributed by atoms with Gasteiger partial charge in [0.1, 0.15) is 22.5 Å². The number of nitrogens with zero attached hydrogens (tertiary/aromatic N) is 5. The molecule has 1 N–H and O–H groups in total. The number of imide groups is 2. The third-order valence-electron chi connectivity index (χ3n) is 8.24. The number of aromatic nitrogens is 2. The van der Waals surface area contributed by atoms with Gasteiger partial charge in [0.15, 0.2) is 0 Å². The molecule has 10 nitrogen and oxygen atoms in total. The Hall–Kier alpha value is -3.70. The highest BCUT2D eigenvalue weighted by atomic mass is 32.1. The Morgan fingerprint density at radius 2 is 1.77 bits per heavy atom. The van der Waals surface area contributed by atoms with E-state index in [1.54, 1.807) is 12.1 Å². The second-order valence-electron chi connectivity index (χ2n) is 10.7. The fourth-order valence-corrected chi connectivity index (χ4v) is 7.60. The highest BCUT2D eigenvalue weighted by molar-refractivity contribution is 7.19. The number of anilines is 1. The van der Waals surface area contributed by atoms with Crippen LogP contribution in [0.2, 0.25) is 0 Å². The van der Waals surface area contributed by atoms with Crippen LogP contribution in [-0.2, 0) is 29.0 Å². The molecule has 200 valence electrons. The molecule has 2 aromatic heterocycles. The molecule has 0 radical (unpaired) electrons. The van der Waals surface area contributed by atoms with Crippen molar-refractivity contribution in [2.45, 2.75) is 51.6 Å². The first-order valence-corrected chi connectivity index (χ1v) is 14.3. The van der Waals surface area contributed by atoms with Gasteiger partial charge in [-0.2, -0.15) is 0 Å². The van der Waals surface area contributed by atoms with E-state index in [-0.39, 0.29) is 18.7 Å². The van der Waals surface area contributed by atoms with Gasteiger partial charge in [0.05, 0.1) is 16.5 Å². The average molecular weight is 545 g/mol. The van der Waals surface area contributed by atoms with Crippen molar-refractivity contribution >= 4 is 51.0 Å². The lowest BCUT2D eigenvalue weighted by molar-refractivity contribution is -0.136. The van der Waals surface area contributed by atoms with Crippen LogP contribution in [0.1, 0.15) is 61.8 Å². The Balaban J connectivity index is 1.05. The molecule has 2 fully saturated rings. The summed E-state index contributed by atoms with van der Waals surface area (Å²) in [6.07, 6.45) is 3.71. The Morgan fingerprint density at radius 3 is 2.56 bits per heavy atom. The van der Waals surface area contributed by atoms with Crippen LogP contribution in [0.25, 0.3) is 10.2 Å². The summed E-state index contributed by atoms with van der Waals surface area (Å²) in [5.41, 5.74) is 3.02. The first-order valence-electron chi connectivity index (χ1n) is 13.5. The van der Waals surface area contributed by atoms with Gasteiger partial charge in [0, 0.05) is 44.0 Å². The predicted octanol–water partition coefficient (Wildman–Crippen LogP) is 2.21. The molecule has 0 spiro atoms. The lowest BCUT2D eigenvalue weighted by atomic mass is 10.0. The first kappa shape index (κ1) is 24.3. The monoisotopic (exact) mass is 544 g/mol. The van der Waals surface area contributed by atoms with E-state index in [1.165, 1.54) is 22.2 Å². The molecule has 5 heterocycles. The molecule has 1 aromatic carbocycles. The topological polar surface area (TPSA) is 116 Å². The van der Waals surface area contributed by atoms with Crippen molar-refractivity contribution in [3.63, 3.8) is 0 Å². The summed E-state index contributed by atoms with van der Waals surface area (Å²) in [6.45, 7) is 6.02. The van der Waals surface area contributed by atoms with Crippen LogP contribution in [0.5, 0.6) is 0 Å². The van der Waals surface area contributed by atoms with Gasteiger partial charge >= 0.3 is 0 Å². The molecular formula is C28H28N6O4S. The van der Waals surface area contributed by atoms with E-state index in [0.717, 1.165) is 66.0 Å². The number of fused-ring (bicyclic) bond motifs is 4. The predicted molar refractivity (Wildman–Crippen MR) is 145 cm³/mol. The zero-order valence-corrected chi connectivity index (χ0v) is 22.5. The van der Waals surface area contributed by atoms with E-state index in [0.29, 0.717) is 17.7 Å². The van der Waals surface area contributed by atoms with Gasteiger partial charge in [-0.25, -0.2) is 9.97 Å². The summed E-state index contributed by atoms with van der Waals surface area (Å²) in [6, 6.07) is 4.40. The molecular weight excluding hydrogens is 516 g/mol. The normalized spacial score (nSPS) is 21.6. The molecule has 1 aliphatic carbocycles. The van der Waals surface area contributed by atoms with Gasteiger partial charge in [-0.15, -0.1) is 11.3 Å². The van der Waals surface area contributed by atoms with Gasteiger partial charge < -0.3 is 4.90 Å². The summed E-state index contributed by atoms with van der Waals surface area (Å²) in [5.74, 6) is -0.0508. The number of piperazine rings is 1. The average Bonchev–Trinajstić information content (AvgIpc) is 3.57. The van der Waals surface area contributed by atoms with E-state index >= 15 is 0 Å². The summed E-state index contributed by atoms with van der Waals surface area (Å²) in [7, 11) is 0. The van der Waals surface area contributed by atoms with Gasteiger partial charge in [0.25, 0.3) is 11.8 Å². The maximum atomic E-state index is 13.2.